The fraction of sp³-hybridized carbons (Fsp3) is 0.950. The quantitative estimate of drug-likeness (QED) is 0.217. The SMILES string of the molecule is CC(=O)OC[C@H]1O[C@@H](O)[C@H](I)[C@@H](O[Si](C)(C)C(C)(C)C)[C@@H]1O[Si](C)(C)C(C)(C)C. The van der Waals surface area contributed by atoms with E-state index in [0.717, 1.165) is 0 Å². The number of aliphatic hydroxyl groups excluding tert-OH is 1. The van der Waals surface area contributed by atoms with E-state index in [4.69, 9.17) is 18.3 Å². The van der Waals surface area contributed by atoms with E-state index in [1.807, 2.05) is 0 Å². The highest BCUT2D eigenvalue weighted by molar-refractivity contribution is 14.1. The molecular weight excluding hydrogens is 519 g/mol. The molecule has 0 aromatic rings. The number of carbonyl (C=O) groups is 1. The Kier molecular flexibility index (Phi) is 9.05. The Hall–Kier alpha value is 0.474. The van der Waals surface area contributed by atoms with Gasteiger partial charge in [-0.15, -0.1) is 0 Å². The minimum atomic E-state index is -2.18. The van der Waals surface area contributed by atoms with E-state index < -0.39 is 35.1 Å². The third-order valence-electron chi connectivity index (χ3n) is 6.52. The Bertz CT molecular complexity index is 570. The van der Waals surface area contributed by atoms with Gasteiger partial charge >= 0.3 is 5.97 Å². The molecule has 0 unspecified atom stereocenters. The minimum absolute atomic E-state index is 0.00264. The first kappa shape index (κ1) is 27.5. The number of rotatable bonds is 6. The van der Waals surface area contributed by atoms with E-state index in [9.17, 15) is 9.90 Å². The van der Waals surface area contributed by atoms with E-state index in [2.05, 4.69) is 90.3 Å². The highest BCUT2D eigenvalue weighted by atomic mass is 127. The van der Waals surface area contributed by atoms with Gasteiger partial charge in [0.2, 0.25) is 0 Å². The Labute approximate surface area is 192 Å². The van der Waals surface area contributed by atoms with Crippen LogP contribution in [0.15, 0.2) is 0 Å². The monoisotopic (exact) mass is 560 g/mol. The number of ether oxygens (including phenoxy) is 2. The van der Waals surface area contributed by atoms with Gasteiger partial charge in [-0.1, -0.05) is 64.1 Å². The molecule has 0 amide bonds. The number of carbonyl (C=O) groups excluding carboxylic acids is 1. The Morgan fingerprint density at radius 3 is 1.76 bits per heavy atom. The summed E-state index contributed by atoms with van der Waals surface area (Å²) >= 11 is 2.20. The smallest absolute Gasteiger partial charge is 0.302 e. The summed E-state index contributed by atoms with van der Waals surface area (Å²) in [6.45, 7) is 23.3. The van der Waals surface area contributed by atoms with Crippen molar-refractivity contribution in [2.45, 2.75) is 113 Å². The summed E-state index contributed by atoms with van der Waals surface area (Å²) in [6, 6.07) is 0. The molecule has 0 radical (unpaired) electrons. The lowest BCUT2D eigenvalue weighted by molar-refractivity contribution is -0.229. The first-order valence-corrected chi connectivity index (χ1v) is 17.3. The number of alkyl halides is 1. The number of halogens is 1. The fourth-order valence-electron chi connectivity index (χ4n) is 2.53. The maximum atomic E-state index is 11.4. The highest BCUT2D eigenvalue weighted by Crippen LogP contribution is 2.44. The first-order valence-electron chi connectivity index (χ1n) is 10.3. The second kappa shape index (κ2) is 9.54. The average Bonchev–Trinajstić information content (AvgIpc) is 2.50. The van der Waals surface area contributed by atoms with Crippen molar-refractivity contribution in [2.75, 3.05) is 6.61 Å². The molecule has 0 bridgehead atoms. The average molecular weight is 561 g/mol. The van der Waals surface area contributed by atoms with Gasteiger partial charge in [0, 0.05) is 6.92 Å². The number of hydrogen-bond acceptors (Lipinski definition) is 6. The summed E-state index contributed by atoms with van der Waals surface area (Å²) in [5.41, 5.74) is 0. The van der Waals surface area contributed by atoms with Crippen molar-refractivity contribution in [3.05, 3.63) is 0 Å². The van der Waals surface area contributed by atoms with Gasteiger partial charge in [-0.25, -0.2) is 0 Å². The molecule has 0 spiro atoms. The van der Waals surface area contributed by atoms with E-state index in [1.165, 1.54) is 6.92 Å². The van der Waals surface area contributed by atoms with E-state index in [1.54, 1.807) is 0 Å². The van der Waals surface area contributed by atoms with Crippen LogP contribution in [0, 0.1) is 0 Å². The topological polar surface area (TPSA) is 74.2 Å². The van der Waals surface area contributed by atoms with Gasteiger partial charge in [0.1, 0.15) is 18.8 Å². The van der Waals surface area contributed by atoms with Crippen LogP contribution in [0.4, 0.5) is 0 Å². The van der Waals surface area contributed by atoms with Crippen molar-refractivity contribution >= 4 is 45.2 Å². The van der Waals surface area contributed by atoms with Crippen LogP contribution in [-0.4, -0.2) is 62.8 Å². The lowest BCUT2D eigenvalue weighted by atomic mass is 10.0. The van der Waals surface area contributed by atoms with Gasteiger partial charge in [0.15, 0.2) is 22.9 Å². The molecule has 9 heteroatoms. The maximum Gasteiger partial charge on any atom is 0.302 e. The van der Waals surface area contributed by atoms with Gasteiger partial charge in [-0.2, -0.15) is 0 Å². The zero-order valence-corrected chi connectivity index (χ0v) is 24.1. The minimum Gasteiger partial charge on any atom is -0.463 e. The molecule has 5 atom stereocenters. The van der Waals surface area contributed by atoms with Gasteiger partial charge in [-0.3, -0.25) is 4.79 Å². The zero-order valence-electron chi connectivity index (χ0n) is 20.0. The van der Waals surface area contributed by atoms with Gasteiger partial charge < -0.3 is 23.4 Å². The fourth-order valence-corrected chi connectivity index (χ4v) is 6.17. The third-order valence-corrected chi connectivity index (χ3v) is 16.8. The number of hydrogen-bond donors (Lipinski definition) is 1. The molecule has 0 saturated carbocycles. The summed E-state index contributed by atoms with van der Waals surface area (Å²) in [6.07, 6.45) is -2.36. The van der Waals surface area contributed by atoms with Crippen molar-refractivity contribution in [1.29, 1.82) is 0 Å². The molecule has 1 aliphatic heterocycles. The molecule has 0 aromatic carbocycles. The van der Waals surface area contributed by atoms with Crippen LogP contribution >= 0.6 is 22.6 Å². The summed E-state index contributed by atoms with van der Waals surface area (Å²) in [5.74, 6) is -0.382. The van der Waals surface area contributed by atoms with Crippen LogP contribution in [0.5, 0.6) is 0 Å². The largest absolute Gasteiger partial charge is 0.463 e. The molecule has 1 saturated heterocycles. The van der Waals surface area contributed by atoms with E-state index >= 15 is 0 Å². The number of esters is 1. The van der Waals surface area contributed by atoms with E-state index in [-0.39, 0.29) is 32.7 Å². The Balaban J connectivity index is 3.33. The molecule has 0 aromatic heterocycles. The molecular formula is C20H41IO6Si2. The molecule has 1 heterocycles. The Morgan fingerprint density at radius 1 is 0.966 bits per heavy atom. The first-order chi connectivity index (χ1) is 12.8. The van der Waals surface area contributed by atoms with Crippen molar-refractivity contribution < 1.29 is 28.2 Å². The predicted molar refractivity (Wildman–Crippen MR) is 129 cm³/mol. The van der Waals surface area contributed by atoms with Crippen LogP contribution in [0.25, 0.3) is 0 Å². The van der Waals surface area contributed by atoms with Crippen LogP contribution in [0.1, 0.15) is 48.5 Å². The molecule has 1 fully saturated rings. The van der Waals surface area contributed by atoms with Crippen molar-refractivity contribution in [3.63, 3.8) is 0 Å². The summed E-state index contributed by atoms with van der Waals surface area (Å²) < 4.78 is 24.4. The van der Waals surface area contributed by atoms with Crippen molar-refractivity contribution in [3.8, 4) is 0 Å². The lowest BCUT2D eigenvalue weighted by Crippen LogP contribution is -2.64. The summed E-state index contributed by atoms with van der Waals surface area (Å²) in [7, 11) is -4.32. The summed E-state index contributed by atoms with van der Waals surface area (Å²) in [5, 5.41) is 10.6. The molecule has 0 aliphatic carbocycles. The Morgan fingerprint density at radius 2 is 1.38 bits per heavy atom. The van der Waals surface area contributed by atoms with Gasteiger partial charge in [0.25, 0.3) is 0 Å². The van der Waals surface area contributed by atoms with Crippen molar-refractivity contribution in [1.82, 2.24) is 0 Å². The molecule has 172 valence electrons. The van der Waals surface area contributed by atoms with Gasteiger partial charge in [-0.05, 0) is 36.3 Å². The second-order valence-corrected chi connectivity index (χ2v) is 21.9. The standard InChI is InChI=1S/C20H41IO6Si2/c1-13(22)24-12-14-16(26-28(8,9)19(2,3)4)17(15(21)18(23)25-14)27-29(10,11)20(5,6)7/h14-18,23H,12H2,1-11H3/t14-,15-,16-,17-,18-/m1/s1. The van der Waals surface area contributed by atoms with Crippen LogP contribution < -0.4 is 0 Å². The highest BCUT2D eigenvalue weighted by Gasteiger charge is 2.53. The zero-order chi connectivity index (χ0) is 23.0. The van der Waals surface area contributed by atoms with Gasteiger partial charge in [0.05, 0.1) is 10.0 Å². The van der Waals surface area contributed by atoms with E-state index in [0.29, 0.717) is 0 Å². The molecule has 1 rings (SSSR count). The molecule has 6 nitrogen and oxygen atoms in total. The second-order valence-electron chi connectivity index (χ2n) is 11.0. The maximum absolute atomic E-state index is 11.4. The van der Waals surface area contributed by atoms with Crippen LogP contribution in [0.2, 0.25) is 36.3 Å². The molecule has 29 heavy (non-hydrogen) atoms. The van der Waals surface area contributed by atoms with Crippen LogP contribution in [0.3, 0.4) is 0 Å². The lowest BCUT2D eigenvalue weighted by Gasteiger charge is -2.51. The van der Waals surface area contributed by atoms with Crippen molar-refractivity contribution in [2.24, 2.45) is 0 Å². The molecule has 1 aliphatic rings. The third kappa shape index (κ3) is 6.98. The summed E-state index contributed by atoms with van der Waals surface area (Å²) in [4.78, 5) is 11.4. The predicted octanol–water partition coefficient (Wildman–Crippen LogP) is 4.85. The van der Waals surface area contributed by atoms with Crippen LogP contribution in [-0.2, 0) is 23.1 Å². The number of aliphatic hydroxyl groups is 1. The normalized spacial score (nSPS) is 29.6. The molecule has 1 N–H and O–H groups in total.